The number of hydrogen-bond donors (Lipinski definition) is 1. The largest absolute Gasteiger partial charge is 0.478 e. The molecular formula is C12H18N2O3. The minimum atomic E-state index is -0.952. The van der Waals surface area contributed by atoms with E-state index in [0.717, 1.165) is 32.5 Å². The number of carboxylic acids is 1. The summed E-state index contributed by atoms with van der Waals surface area (Å²) >= 11 is 0. The van der Waals surface area contributed by atoms with Crippen molar-refractivity contribution >= 4 is 5.97 Å². The highest BCUT2D eigenvalue weighted by molar-refractivity contribution is 5.88. The van der Waals surface area contributed by atoms with E-state index < -0.39 is 5.97 Å². The minimum absolute atomic E-state index is 0.211. The van der Waals surface area contributed by atoms with Crippen LogP contribution in [0.3, 0.4) is 0 Å². The second kappa shape index (κ2) is 5.31. The normalized spacial score (nSPS) is 18.4. The molecule has 0 amide bonds. The van der Waals surface area contributed by atoms with Gasteiger partial charge in [0.05, 0.1) is 6.20 Å². The molecule has 0 radical (unpaired) electrons. The molecule has 17 heavy (non-hydrogen) atoms. The Morgan fingerprint density at radius 3 is 2.88 bits per heavy atom. The van der Waals surface area contributed by atoms with Gasteiger partial charge >= 0.3 is 5.97 Å². The summed E-state index contributed by atoms with van der Waals surface area (Å²) in [6, 6.07) is 0. The number of aromatic nitrogens is 1. The van der Waals surface area contributed by atoms with E-state index in [4.69, 9.17) is 9.63 Å². The first kappa shape index (κ1) is 12.1. The molecular weight excluding hydrogens is 220 g/mol. The third kappa shape index (κ3) is 2.85. The highest BCUT2D eigenvalue weighted by Crippen LogP contribution is 2.23. The van der Waals surface area contributed by atoms with Crippen molar-refractivity contribution in [3.05, 3.63) is 17.5 Å². The maximum atomic E-state index is 10.9. The topological polar surface area (TPSA) is 66.6 Å². The number of carboxylic acid groups (broad SMARTS) is 1. The van der Waals surface area contributed by atoms with Crippen LogP contribution >= 0.6 is 0 Å². The summed E-state index contributed by atoms with van der Waals surface area (Å²) in [4.78, 5) is 13.3. The fourth-order valence-corrected chi connectivity index (χ4v) is 2.35. The van der Waals surface area contributed by atoms with Crippen LogP contribution < -0.4 is 0 Å². The Hall–Kier alpha value is -1.36. The highest BCUT2D eigenvalue weighted by Gasteiger charge is 2.23. The number of aromatic carboxylic acids is 1. The molecule has 1 aliphatic heterocycles. The molecule has 0 unspecified atom stereocenters. The van der Waals surface area contributed by atoms with E-state index >= 15 is 0 Å². The molecule has 0 atom stereocenters. The smallest absolute Gasteiger partial charge is 0.340 e. The molecule has 2 rings (SSSR count). The maximum Gasteiger partial charge on any atom is 0.340 e. The SMILES string of the molecule is CCN1CCC(Cc2oncc2C(=O)O)CC1. The molecule has 0 aliphatic carbocycles. The number of hydrogen-bond acceptors (Lipinski definition) is 4. The summed E-state index contributed by atoms with van der Waals surface area (Å²) in [5, 5.41) is 12.5. The maximum absolute atomic E-state index is 10.9. The lowest BCUT2D eigenvalue weighted by Crippen LogP contribution is -2.34. The third-order valence-electron chi connectivity index (χ3n) is 3.50. The summed E-state index contributed by atoms with van der Waals surface area (Å²) in [5.41, 5.74) is 0.211. The monoisotopic (exact) mass is 238 g/mol. The van der Waals surface area contributed by atoms with Gasteiger partial charge in [-0.15, -0.1) is 0 Å². The molecule has 0 saturated carbocycles. The Morgan fingerprint density at radius 1 is 1.59 bits per heavy atom. The van der Waals surface area contributed by atoms with Crippen LogP contribution in [0.25, 0.3) is 0 Å². The van der Waals surface area contributed by atoms with Crippen molar-refractivity contribution in [2.45, 2.75) is 26.2 Å². The van der Waals surface area contributed by atoms with Crippen LogP contribution in [-0.2, 0) is 6.42 Å². The summed E-state index contributed by atoms with van der Waals surface area (Å²) in [6.07, 6.45) is 4.19. The van der Waals surface area contributed by atoms with Crippen molar-refractivity contribution in [3.8, 4) is 0 Å². The number of likely N-dealkylation sites (tertiary alicyclic amines) is 1. The molecule has 5 heteroatoms. The first-order valence-electron chi connectivity index (χ1n) is 6.10. The molecule has 2 heterocycles. The molecule has 1 aromatic rings. The standard InChI is InChI=1S/C12H18N2O3/c1-2-14-5-3-9(4-6-14)7-11-10(12(15)16)8-13-17-11/h8-9H,2-7H2,1H3,(H,15,16). The van der Waals surface area contributed by atoms with Gasteiger partial charge in [0.15, 0.2) is 5.76 Å². The molecule has 1 aliphatic rings. The Bertz CT molecular complexity index is 381. The molecule has 1 fully saturated rings. The first-order valence-corrected chi connectivity index (χ1v) is 6.10. The summed E-state index contributed by atoms with van der Waals surface area (Å²) in [7, 11) is 0. The lowest BCUT2D eigenvalue weighted by Gasteiger charge is -2.30. The molecule has 94 valence electrons. The number of carbonyl (C=O) groups is 1. The number of piperidine rings is 1. The van der Waals surface area contributed by atoms with E-state index in [1.54, 1.807) is 0 Å². The van der Waals surface area contributed by atoms with E-state index in [0.29, 0.717) is 18.1 Å². The summed E-state index contributed by atoms with van der Waals surface area (Å²) in [5.74, 6) is 0.0866. The zero-order valence-electron chi connectivity index (χ0n) is 10.1. The van der Waals surface area contributed by atoms with Gasteiger partial charge in [0.1, 0.15) is 5.56 Å². The van der Waals surface area contributed by atoms with Gasteiger partial charge in [0, 0.05) is 6.42 Å². The van der Waals surface area contributed by atoms with Gasteiger partial charge in [0.25, 0.3) is 0 Å². The van der Waals surface area contributed by atoms with Gasteiger partial charge < -0.3 is 14.5 Å². The van der Waals surface area contributed by atoms with Gasteiger partial charge in [-0.1, -0.05) is 12.1 Å². The van der Waals surface area contributed by atoms with E-state index in [1.165, 1.54) is 6.20 Å². The lowest BCUT2D eigenvalue weighted by molar-refractivity contribution is 0.0693. The van der Waals surface area contributed by atoms with Crippen molar-refractivity contribution in [1.82, 2.24) is 10.1 Å². The van der Waals surface area contributed by atoms with E-state index in [9.17, 15) is 4.79 Å². The average Bonchev–Trinajstić information content (AvgIpc) is 2.78. The van der Waals surface area contributed by atoms with Gasteiger partial charge in [-0.05, 0) is 38.4 Å². The zero-order chi connectivity index (χ0) is 12.3. The zero-order valence-corrected chi connectivity index (χ0v) is 10.1. The molecule has 1 saturated heterocycles. The fourth-order valence-electron chi connectivity index (χ4n) is 2.35. The molecule has 1 N–H and O–H groups in total. The molecule has 5 nitrogen and oxygen atoms in total. The highest BCUT2D eigenvalue weighted by atomic mass is 16.5. The molecule has 0 bridgehead atoms. The fraction of sp³-hybridized carbons (Fsp3) is 0.667. The Labute approximate surface area is 100 Å². The number of rotatable bonds is 4. The van der Waals surface area contributed by atoms with Gasteiger partial charge in [0.2, 0.25) is 0 Å². The third-order valence-corrected chi connectivity index (χ3v) is 3.50. The lowest BCUT2D eigenvalue weighted by atomic mass is 9.91. The van der Waals surface area contributed by atoms with Crippen LogP contribution in [0.15, 0.2) is 10.7 Å². The van der Waals surface area contributed by atoms with Crippen LogP contribution in [0.5, 0.6) is 0 Å². The average molecular weight is 238 g/mol. The van der Waals surface area contributed by atoms with Crippen LogP contribution in [0.4, 0.5) is 0 Å². The van der Waals surface area contributed by atoms with Crippen molar-refractivity contribution in [2.75, 3.05) is 19.6 Å². The predicted molar refractivity (Wildman–Crippen MR) is 62.0 cm³/mol. The molecule has 1 aromatic heterocycles. The Kier molecular flexibility index (Phi) is 3.78. The quantitative estimate of drug-likeness (QED) is 0.863. The Balaban J connectivity index is 1.93. The molecule has 0 aromatic carbocycles. The van der Waals surface area contributed by atoms with Crippen molar-refractivity contribution in [1.29, 1.82) is 0 Å². The van der Waals surface area contributed by atoms with Crippen LogP contribution in [0.2, 0.25) is 0 Å². The first-order chi connectivity index (χ1) is 8.20. The van der Waals surface area contributed by atoms with Crippen LogP contribution in [0, 0.1) is 5.92 Å². The van der Waals surface area contributed by atoms with Crippen molar-refractivity contribution in [2.24, 2.45) is 5.92 Å². The van der Waals surface area contributed by atoms with Gasteiger partial charge in [-0.2, -0.15) is 0 Å². The van der Waals surface area contributed by atoms with Crippen molar-refractivity contribution in [3.63, 3.8) is 0 Å². The van der Waals surface area contributed by atoms with Crippen LogP contribution in [0.1, 0.15) is 35.9 Å². The van der Waals surface area contributed by atoms with E-state index in [2.05, 4.69) is 17.0 Å². The minimum Gasteiger partial charge on any atom is -0.478 e. The van der Waals surface area contributed by atoms with Gasteiger partial charge in [-0.25, -0.2) is 4.79 Å². The van der Waals surface area contributed by atoms with Crippen LogP contribution in [-0.4, -0.2) is 40.8 Å². The second-order valence-electron chi connectivity index (χ2n) is 4.55. The van der Waals surface area contributed by atoms with E-state index in [-0.39, 0.29) is 5.56 Å². The molecule has 0 spiro atoms. The van der Waals surface area contributed by atoms with Gasteiger partial charge in [-0.3, -0.25) is 0 Å². The van der Waals surface area contributed by atoms with E-state index in [1.807, 2.05) is 0 Å². The number of nitrogens with zero attached hydrogens (tertiary/aromatic N) is 2. The second-order valence-corrected chi connectivity index (χ2v) is 4.55. The Morgan fingerprint density at radius 2 is 2.29 bits per heavy atom. The summed E-state index contributed by atoms with van der Waals surface area (Å²) < 4.78 is 5.04. The van der Waals surface area contributed by atoms with Crippen molar-refractivity contribution < 1.29 is 14.4 Å². The summed E-state index contributed by atoms with van der Waals surface area (Å²) in [6.45, 7) is 5.45. The predicted octanol–water partition coefficient (Wildman–Crippen LogP) is 1.65.